The van der Waals surface area contributed by atoms with E-state index in [9.17, 15) is 21.6 Å². The number of halogens is 3. The Hall–Kier alpha value is -1.07. The lowest BCUT2D eigenvalue weighted by atomic mass is 10.5. The van der Waals surface area contributed by atoms with Gasteiger partial charge < -0.3 is 15.8 Å². The van der Waals surface area contributed by atoms with Crippen molar-refractivity contribution >= 4 is 32.2 Å². The lowest BCUT2D eigenvalue weighted by Crippen LogP contribution is -2.20. The number of alkyl halides is 3. The summed E-state index contributed by atoms with van der Waals surface area (Å²) in [5, 5.41) is 2.82. The Morgan fingerprint density at radius 3 is 2.63 bits per heavy atom. The van der Waals surface area contributed by atoms with Crippen molar-refractivity contribution in [3.8, 4) is 0 Å². The van der Waals surface area contributed by atoms with Crippen LogP contribution in [0.5, 0.6) is 0 Å². The van der Waals surface area contributed by atoms with Crippen LogP contribution in [0.15, 0.2) is 4.90 Å². The second kappa shape index (κ2) is 5.92. The van der Waals surface area contributed by atoms with Crippen LogP contribution in [0.4, 0.5) is 24.0 Å². The Kier molecular flexibility index (Phi) is 4.98. The summed E-state index contributed by atoms with van der Waals surface area (Å²) in [5.74, 6) is -0.133. The first kappa shape index (κ1) is 16.0. The summed E-state index contributed by atoms with van der Waals surface area (Å²) in [6, 6.07) is 0. The van der Waals surface area contributed by atoms with Crippen molar-refractivity contribution in [3.63, 3.8) is 0 Å². The number of nitrogens with one attached hydrogen (secondary N) is 1. The molecule has 1 aromatic rings. The number of sulfone groups is 1. The molecule has 0 bridgehead atoms. The molecule has 0 saturated carbocycles. The number of hydrogen-bond acceptors (Lipinski definition) is 7. The highest BCUT2D eigenvalue weighted by molar-refractivity contribution is 7.91. The number of ether oxygens (including phenoxy) is 1. The van der Waals surface area contributed by atoms with Crippen LogP contribution in [0.3, 0.4) is 0 Å². The van der Waals surface area contributed by atoms with Crippen molar-refractivity contribution in [1.29, 1.82) is 0 Å². The molecule has 3 N–H and O–H groups in total. The van der Waals surface area contributed by atoms with Crippen molar-refractivity contribution in [1.82, 2.24) is 4.37 Å². The monoisotopic (exact) mass is 319 g/mol. The van der Waals surface area contributed by atoms with E-state index in [2.05, 4.69) is 14.4 Å². The minimum absolute atomic E-state index is 0.0141. The van der Waals surface area contributed by atoms with Crippen molar-refractivity contribution in [2.24, 2.45) is 0 Å². The van der Waals surface area contributed by atoms with Gasteiger partial charge in [-0.25, -0.2) is 8.42 Å². The Bertz CT molecular complexity index is 527. The molecule has 19 heavy (non-hydrogen) atoms. The summed E-state index contributed by atoms with van der Waals surface area (Å²) in [7, 11) is -3.55. The van der Waals surface area contributed by atoms with Gasteiger partial charge in [0.25, 0.3) is 0 Å². The molecule has 0 unspecified atom stereocenters. The first-order valence-electron chi connectivity index (χ1n) is 4.95. The molecular formula is C8H12F3N3O3S2. The van der Waals surface area contributed by atoms with E-state index in [0.29, 0.717) is 0 Å². The average Bonchev–Trinajstić information content (AvgIpc) is 2.57. The standard InChI is InChI=1S/C8H12F3N3O3S2/c1-19(15,16)5-6(12)14-18-7(5)13-2-3-17-4-8(9,10)11/h13H,2-4H2,1H3,(H2,12,14). The number of rotatable bonds is 6. The zero-order valence-corrected chi connectivity index (χ0v) is 11.5. The third kappa shape index (κ3) is 5.20. The number of anilines is 2. The summed E-state index contributed by atoms with van der Waals surface area (Å²) in [5.41, 5.74) is 5.42. The van der Waals surface area contributed by atoms with E-state index in [1.165, 1.54) is 0 Å². The minimum Gasteiger partial charge on any atom is -0.382 e. The summed E-state index contributed by atoms with van der Waals surface area (Å²) in [6.07, 6.45) is -3.41. The molecule has 0 saturated heterocycles. The molecular weight excluding hydrogens is 307 g/mol. The Labute approximate surface area is 111 Å². The third-order valence-corrected chi connectivity index (χ3v) is 3.95. The van der Waals surface area contributed by atoms with Gasteiger partial charge in [0, 0.05) is 12.8 Å². The van der Waals surface area contributed by atoms with Gasteiger partial charge in [0.05, 0.1) is 6.61 Å². The molecule has 0 aliphatic carbocycles. The molecule has 0 aromatic carbocycles. The quantitative estimate of drug-likeness (QED) is 0.763. The fourth-order valence-electron chi connectivity index (χ4n) is 1.19. The van der Waals surface area contributed by atoms with Gasteiger partial charge >= 0.3 is 6.18 Å². The zero-order chi connectivity index (χ0) is 14.7. The maximum atomic E-state index is 11.8. The molecule has 11 heteroatoms. The van der Waals surface area contributed by atoms with E-state index in [1.54, 1.807) is 0 Å². The minimum atomic E-state index is -4.38. The number of nitrogens with zero attached hydrogens (tertiary/aromatic N) is 1. The Morgan fingerprint density at radius 1 is 1.47 bits per heavy atom. The van der Waals surface area contributed by atoms with E-state index in [-0.39, 0.29) is 28.9 Å². The fourth-order valence-corrected chi connectivity index (χ4v) is 3.28. The van der Waals surface area contributed by atoms with Gasteiger partial charge in [-0.3, -0.25) is 0 Å². The first-order valence-corrected chi connectivity index (χ1v) is 7.61. The lowest BCUT2D eigenvalue weighted by molar-refractivity contribution is -0.172. The molecule has 0 spiro atoms. The number of hydrogen-bond donors (Lipinski definition) is 2. The molecule has 110 valence electrons. The lowest BCUT2D eigenvalue weighted by Gasteiger charge is -2.08. The van der Waals surface area contributed by atoms with Gasteiger partial charge in [-0.1, -0.05) is 0 Å². The SMILES string of the molecule is CS(=O)(=O)c1c(N)nsc1NCCOCC(F)(F)F. The summed E-state index contributed by atoms with van der Waals surface area (Å²) in [6.45, 7) is -1.56. The van der Waals surface area contributed by atoms with Crippen molar-refractivity contribution in [2.45, 2.75) is 11.1 Å². The topological polar surface area (TPSA) is 94.3 Å². The number of nitrogen functional groups attached to an aromatic ring is 1. The maximum absolute atomic E-state index is 11.8. The highest BCUT2D eigenvalue weighted by atomic mass is 32.2. The van der Waals surface area contributed by atoms with Crippen molar-refractivity contribution in [2.75, 3.05) is 37.1 Å². The van der Waals surface area contributed by atoms with Crippen molar-refractivity contribution < 1.29 is 26.3 Å². The van der Waals surface area contributed by atoms with Gasteiger partial charge in [-0.2, -0.15) is 17.5 Å². The van der Waals surface area contributed by atoms with Crippen LogP contribution in [-0.2, 0) is 14.6 Å². The van der Waals surface area contributed by atoms with Crippen LogP contribution in [0.1, 0.15) is 0 Å². The molecule has 1 rings (SSSR count). The van der Waals surface area contributed by atoms with Crippen LogP contribution >= 0.6 is 11.5 Å². The van der Waals surface area contributed by atoms with E-state index in [4.69, 9.17) is 5.73 Å². The molecule has 0 amide bonds. The summed E-state index contributed by atoms with van der Waals surface area (Å²) < 4.78 is 66.2. The predicted octanol–water partition coefficient (Wildman–Crippen LogP) is 1.12. The average molecular weight is 319 g/mol. The van der Waals surface area contributed by atoms with Crippen molar-refractivity contribution in [3.05, 3.63) is 0 Å². The highest BCUT2D eigenvalue weighted by Crippen LogP contribution is 2.30. The smallest absolute Gasteiger partial charge is 0.382 e. The van der Waals surface area contributed by atoms with Gasteiger partial charge in [0.2, 0.25) is 0 Å². The normalized spacial score (nSPS) is 12.6. The molecule has 0 atom stereocenters. The van der Waals surface area contributed by atoms with Crippen LogP contribution < -0.4 is 11.1 Å². The third-order valence-electron chi connectivity index (χ3n) is 1.84. The first-order chi connectivity index (χ1) is 8.61. The molecule has 6 nitrogen and oxygen atoms in total. The van der Waals surface area contributed by atoms with Gasteiger partial charge in [-0.05, 0) is 11.5 Å². The van der Waals surface area contributed by atoms with Crippen LogP contribution in [0, 0.1) is 0 Å². The Balaban J connectivity index is 2.52. The molecule has 1 aromatic heterocycles. The van der Waals surface area contributed by atoms with E-state index in [0.717, 1.165) is 17.8 Å². The fraction of sp³-hybridized carbons (Fsp3) is 0.625. The zero-order valence-electron chi connectivity index (χ0n) is 9.82. The van der Waals surface area contributed by atoms with E-state index >= 15 is 0 Å². The van der Waals surface area contributed by atoms with Crippen LogP contribution in [-0.4, -0.2) is 45.0 Å². The maximum Gasteiger partial charge on any atom is 0.411 e. The molecule has 0 aliphatic heterocycles. The van der Waals surface area contributed by atoms with E-state index < -0.39 is 22.6 Å². The Morgan fingerprint density at radius 2 is 2.11 bits per heavy atom. The molecule has 0 radical (unpaired) electrons. The summed E-state index contributed by atoms with van der Waals surface area (Å²) in [4.78, 5) is -0.145. The largest absolute Gasteiger partial charge is 0.411 e. The van der Waals surface area contributed by atoms with Crippen LogP contribution in [0.2, 0.25) is 0 Å². The van der Waals surface area contributed by atoms with E-state index in [1.807, 2.05) is 0 Å². The van der Waals surface area contributed by atoms with Gasteiger partial charge in [-0.15, -0.1) is 0 Å². The predicted molar refractivity (Wildman–Crippen MR) is 65.0 cm³/mol. The number of nitrogens with two attached hydrogens (primary N) is 1. The highest BCUT2D eigenvalue weighted by Gasteiger charge is 2.27. The molecule has 0 aliphatic rings. The van der Waals surface area contributed by atoms with Gasteiger partial charge in [0.1, 0.15) is 16.5 Å². The number of aromatic nitrogens is 1. The second-order valence-corrected chi connectivity index (χ2v) is 6.32. The molecule has 1 heterocycles. The second-order valence-electron chi connectivity index (χ2n) is 3.59. The summed E-state index contributed by atoms with van der Waals surface area (Å²) >= 11 is 0.824. The molecule has 0 fully saturated rings. The van der Waals surface area contributed by atoms with Crippen LogP contribution in [0.25, 0.3) is 0 Å². The van der Waals surface area contributed by atoms with Gasteiger partial charge in [0.15, 0.2) is 15.7 Å².